The molecular weight excluding hydrogens is 258 g/mol. The molecule has 0 aliphatic heterocycles. The molecule has 1 atom stereocenters. The summed E-state index contributed by atoms with van der Waals surface area (Å²) < 4.78 is 5.42. The summed E-state index contributed by atoms with van der Waals surface area (Å²) in [6.07, 6.45) is 2.05. The van der Waals surface area contributed by atoms with Crippen molar-refractivity contribution in [1.29, 1.82) is 0 Å². The first-order chi connectivity index (χ1) is 10.2. The molecule has 0 radical (unpaired) electrons. The smallest absolute Gasteiger partial charge is 0.122 e. The Balaban J connectivity index is 1.94. The summed E-state index contributed by atoms with van der Waals surface area (Å²) in [6.45, 7) is 5.35. The maximum atomic E-state index is 5.42. The Bertz CT molecular complexity index is 565. The zero-order valence-electron chi connectivity index (χ0n) is 13.2. The van der Waals surface area contributed by atoms with E-state index in [1.807, 2.05) is 12.1 Å². The first-order valence-corrected chi connectivity index (χ1v) is 7.66. The summed E-state index contributed by atoms with van der Waals surface area (Å²) in [4.78, 5) is 0. The molecule has 0 fully saturated rings. The van der Waals surface area contributed by atoms with E-state index in [-0.39, 0.29) is 0 Å². The Morgan fingerprint density at radius 1 is 0.952 bits per heavy atom. The molecule has 0 aromatic heterocycles. The predicted octanol–water partition coefficient (Wildman–Crippen LogP) is 3.98. The maximum Gasteiger partial charge on any atom is 0.122 e. The summed E-state index contributed by atoms with van der Waals surface area (Å²) in [6, 6.07) is 17.3. The Labute approximate surface area is 128 Å². The van der Waals surface area contributed by atoms with Crippen LogP contribution in [-0.2, 0) is 19.4 Å². The summed E-state index contributed by atoms with van der Waals surface area (Å²) in [5.74, 6) is 0.972. The van der Waals surface area contributed by atoms with E-state index in [2.05, 4.69) is 55.6 Å². The van der Waals surface area contributed by atoms with E-state index in [9.17, 15) is 0 Å². The van der Waals surface area contributed by atoms with Gasteiger partial charge in [0.15, 0.2) is 0 Å². The van der Waals surface area contributed by atoms with Crippen LogP contribution in [0.15, 0.2) is 48.5 Å². The van der Waals surface area contributed by atoms with E-state index in [0.29, 0.717) is 6.04 Å². The molecule has 2 rings (SSSR count). The second-order valence-corrected chi connectivity index (χ2v) is 5.42. The highest BCUT2D eigenvalue weighted by Crippen LogP contribution is 2.19. The van der Waals surface area contributed by atoms with Crippen molar-refractivity contribution in [3.63, 3.8) is 0 Å². The average Bonchev–Trinajstić information content (AvgIpc) is 2.53. The second kappa shape index (κ2) is 7.84. The fourth-order valence-electron chi connectivity index (χ4n) is 2.63. The molecule has 0 spiro atoms. The van der Waals surface area contributed by atoms with E-state index in [1.165, 1.54) is 16.7 Å². The second-order valence-electron chi connectivity index (χ2n) is 5.42. The molecular formula is C19H25NO. The van der Waals surface area contributed by atoms with Crippen LogP contribution in [0.1, 0.15) is 30.5 Å². The number of nitrogens with one attached hydrogen (secondary N) is 1. The lowest BCUT2D eigenvalue weighted by Gasteiger charge is -2.17. The van der Waals surface area contributed by atoms with Gasteiger partial charge in [-0.05, 0) is 42.5 Å². The molecule has 2 aromatic carbocycles. The zero-order valence-corrected chi connectivity index (χ0v) is 13.2. The zero-order chi connectivity index (χ0) is 15.1. The normalized spacial score (nSPS) is 12.1. The van der Waals surface area contributed by atoms with E-state index in [0.717, 1.165) is 25.1 Å². The van der Waals surface area contributed by atoms with Gasteiger partial charge in [-0.2, -0.15) is 0 Å². The van der Waals surface area contributed by atoms with Gasteiger partial charge in [-0.15, -0.1) is 0 Å². The number of methoxy groups -OCH3 is 1. The summed E-state index contributed by atoms with van der Waals surface area (Å²) in [5.41, 5.74) is 4.07. The predicted molar refractivity (Wildman–Crippen MR) is 88.8 cm³/mol. The van der Waals surface area contributed by atoms with Gasteiger partial charge in [0.05, 0.1) is 7.11 Å². The molecule has 0 saturated heterocycles. The molecule has 1 N–H and O–H groups in total. The number of rotatable bonds is 7. The highest BCUT2D eigenvalue weighted by atomic mass is 16.5. The molecule has 2 nitrogen and oxygen atoms in total. The molecule has 2 heteroatoms. The van der Waals surface area contributed by atoms with Crippen LogP contribution < -0.4 is 10.1 Å². The minimum atomic E-state index is 0.409. The van der Waals surface area contributed by atoms with Crippen molar-refractivity contribution in [1.82, 2.24) is 5.32 Å². The maximum absolute atomic E-state index is 5.42. The van der Waals surface area contributed by atoms with Gasteiger partial charge in [0.25, 0.3) is 0 Å². The summed E-state index contributed by atoms with van der Waals surface area (Å²) in [7, 11) is 1.73. The Morgan fingerprint density at radius 2 is 1.57 bits per heavy atom. The van der Waals surface area contributed by atoms with Crippen molar-refractivity contribution in [3.8, 4) is 5.75 Å². The third kappa shape index (κ3) is 4.33. The SMILES string of the molecule is CCc1ccccc1CNC(C)Cc1ccccc1OC. The van der Waals surface area contributed by atoms with Gasteiger partial charge in [0.2, 0.25) is 0 Å². The van der Waals surface area contributed by atoms with Crippen LogP contribution in [0.3, 0.4) is 0 Å². The van der Waals surface area contributed by atoms with E-state index in [4.69, 9.17) is 4.74 Å². The van der Waals surface area contributed by atoms with Gasteiger partial charge in [0.1, 0.15) is 5.75 Å². The molecule has 2 aromatic rings. The van der Waals surface area contributed by atoms with Crippen molar-refractivity contribution in [2.75, 3.05) is 7.11 Å². The molecule has 0 heterocycles. The van der Waals surface area contributed by atoms with Crippen molar-refractivity contribution in [3.05, 3.63) is 65.2 Å². The van der Waals surface area contributed by atoms with Crippen LogP contribution in [0.5, 0.6) is 5.75 Å². The van der Waals surface area contributed by atoms with Gasteiger partial charge in [0, 0.05) is 12.6 Å². The molecule has 21 heavy (non-hydrogen) atoms. The Kier molecular flexibility index (Phi) is 5.82. The molecule has 0 saturated carbocycles. The van der Waals surface area contributed by atoms with Gasteiger partial charge < -0.3 is 10.1 Å². The van der Waals surface area contributed by atoms with Gasteiger partial charge >= 0.3 is 0 Å². The first kappa shape index (κ1) is 15.6. The molecule has 112 valence electrons. The van der Waals surface area contributed by atoms with Crippen molar-refractivity contribution in [2.45, 2.75) is 39.3 Å². The third-order valence-electron chi connectivity index (χ3n) is 3.86. The lowest BCUT2D eigenvalue weighted by atomic mass is 10.0. The lowest BCUT2D eigenvalue weighted by Crippen LogP contribution is -2.28. The molecule has 0 aliphatic carbocycles. The number of hydrogen-bond donors (Lipinski definition) is 1. The van der Waals surface area contributed by atoms with Crippen LogP contribution in [0.2, 0.25) is 0 Å². The number of ether oxygens (including phenoxy) is 1. The lowest BCUT2D eigenvalue weighted by molar-refractivity contribution is 0.406. The number of para-hydroxylation sites is 1. The number of aryl methyl sites for hydroxylation is 1. The highest BCUT2D eigenvalue weighted by Gasteiger charge is 2.08. The molecule has 1 unspecified atom stereocenters. The van der Waals surface area contributed by atoms with Crippen molar-refractivity contribution >= 4 is 0 Å². The van der Waals surface area contributed by atoms with Crippen LogP contribution >= 0.6 is 0 Å². The van der Waals surface area contributed by atoms with Crippen molar-refractivity contribution < 1.29 is 4.74 Å². The molecule has 0 amide bonds. The fourth-order valence-corrected chi connectivity index (χ4v) is 2.63. The van der Waals surface area contributed by atoms with Crippen LogP contribution in [-0.4, -0.2) is 13.2 Å². The van der Waals surface area contributed by atoms with Crippen molar-refractivity contribution in [2.24, 2.45) is 0 Å². The standard InChI is InChI=1S/C19H25NO/c1-4-16-9-5-6-11-18(16)14-20-15(2)13-17-10-7-8-12-19(17)21-3/h5-12,15,20H,4,13-14H2,1-3H3. The quantitative estimate of drug-likeness (QED) is 0.830. The van der Waals surface area contributed by atoms with Crippen LogP contribution in [0, 0.1) is 0 Å². The van der Waals surface area contributed by atoms with E-state index < -0.39 is 0 Å². The van der Waals surface area contributed by atoms with Gasteiger partial charge in [-0.3, -0.25) is 0 Å². The van der Waals surface area contributed by atoms with Gasteiger partial charge in [-0.1, -0.05) is 49.4 Å². The fraction of sp³-hybridized carbons (Fsp3) is 0.368. The van der Waals surface area contributed by atoms with Crippen LogP contribution in [0.25, 0.3) is 0 Å². The van der Waals surface area contributed by atoms with E-state index in [1.54, 1.807) is 7.11 Å². The summed E-state index contributed by atoms with van der Waals surface area (Å²) >= 11 is 0. The Morgan fingerprint density at radius 3 is 2.24 bits per heavy atom. The first-order valence-electron chi connectivity index (χ1n) is 7.66. The molecule has 0 bridgehead atoms. The number of benzene rings is 2. The van der Waals surface area contributed by atoms with Gasteiger partial charge in [-0.25, -0.2) is 0 Å². The number of hydrogen-bond acceptors (Lipinski definition) is 2. The van der Waals surface area contributed by atoms with Crippen LogP contribution in [0.4, 0.5) is 0 Å². The Hall–Kier alpha value is -1.80. The van der Waals surface area contributed by atoms with E-state index >= 15 is 0 Å². The minimum Gasteiger partial charge on any atom is -0.496 e. The highest BCUT2D eigenvalue weighted by molar-refractivity contribution is 5.34. The largest absolute Gasteiger partial charge is 0.496 e. The monoisotopic (exact) mass is 283 g/mol. The average molecular weight is 283 g/mol. The summed E-state index contributed by atoms with van der Waals surface area (Å²) in [5, 5.41) is 3.62. The topological polar surface area (TPSA) is 21.3 Å². The third-order valence-corrected chi connectivity index (χ3v) is 3.86. The molecule has 0 aliphatic rings. The minimum absolute atomic E-state index is 0.409.